The maximum absolute atomic E-state index is 14.0. The van der Waals surface area contributed by atoms with Crippen LogP contribution in [0.15, 0.2) is 48.5 Å². The molecule has 0 bridgehead atoms. The fourth-order valence-corrected chi connectivity index (χ4v) is 2.31. The average Bonchev–Trinajstić information content (AvgIpc) is 2.50. The third-order valence-corrected chi connectivity index (χ3v) is 3.44. The second-order valence-electron chi connectivity index (χ2n) is 5.30. The van der Waals surface area contributed by atoms with Gasteiger partial charge >= 0.3 is 0 Å². The summed E-state index contributed by atoms with van der Waals surface area (Å²) in [6.45, 7) is 4.59. The Morgan fingerprint density at radius 1 is 1.05 bits per heavy atom. The van der Waals surface area contributed by atoms with Crippen LogP contribution in [0.4, 0.5) is 10.1 Å². The number of nitrogens with one attached hydrogen (secondary N) is 1. The highest BCUT2D eigenvalue weighted by Crippen LogP contribution is 2.21. The molecule has 0 atom stereocenters. The number of nitrogens with zero attached hydrogens (tertiary/aromatic N) is 1. The highest BCUT2D eigenvalue weighted by atomic mass is 19.1. The molecule has 3 heteroatoms. The van der Waals surface area contributed by atoms with E-state index in [1.807, 2.05) is 42.3 Å². The van der Waals surface area contributed by atoms with Crippen molar-refractivity contribution in [3.05, 3.63) is 65.5 Å². The fourth-order valence-electron chi connectivity index (χ4n) is 2.31. The van der Waals surface area contributed by atoms with E-state index in [2.05, 4.69) is 24.4 Å². The largest absolute Gasteiger partial charge is 0.368 e. The standard InChI is InChI=1S/C18H23FN2/c1-3-11-20-13-16-9-10-17(19)18(12-16)21(2)14-15-7-5-4-6-8-15/h4-10,12,20H,3,11,13-14H2,1-2H3. The van der Waals surface area contributed by atoms with Crippen molar-refractivity contribution in [1.82, 2.24) is 5.32 Å². The summed E-state index contributed by atoms with van der Waals surface area (Å²) in [6, 6.07) is 15.4. The van der Waals surface area contributed by atoms with E-state index in [9.17, 15) is 4.39 Å². The van der Waals surface area contributed by atoms with Crippen molar-refractivity contribution < 1.29 is 4.39 Å². The van der Waals surface area contributed by atoms with Gasteiger partial charge in [0.05, 0.1) is 5.69 Å². The lowest BCUT2D eigenvalue weighted by Crippen LogP contribution is -2.19. The van der Waals surface area contributed by atoms with Crippen molar-refractivity contribution in [1.29, 1.82) is 0 Å². The Hall–Kier alpha value is -1.87. The fraction of sp³-hybridized carbons (Fsp3) is 0.333. The maximum Gasteiger partial charge on any atom is 0.146 e. The molecule has 0 amide bonds. The van der Waals surface area contributed by atoms with Crippen LogP contribution in [0.5, 0.6) is 0 Å². The second-order valence-corrected chi connectivity index (χ2v) is 5.30. The first-order valence-corrected chi connectivity index (χ1v) is 7.45. The van der Waals surface area contributed by atoms with Gasteiger partial charge < -0.3 is 10.2 Å². The molecule has 2 nitrogen and oxygen atoms in total. The summed E-state index contributed by atoms with van der Waals surface area (Å²) in [5.41, 5.74) is 2.93. The van der Waals surface area contributed by atoms with Crippen LogP contribution >= 0.6 is 0 Å². The van der Waals surface area contributed by atoms with Crippen LogP contribution in [0.1, 0.15) is 24.5 Å². The number of hydrogen-bond acceptors (Lipinski definition) is 2. The third kappa shape index (κ3) is 4.57. The summed E-state index contributed by atoms with van der Waals surface area (Å²) in [6.07, 6.45) is 1.10. The Balaban J connectivity index is 2.08. The Bertz CT molecular complexity index is 554. The summed E-state index contributed by atoms with van der Waals surface area (Å²) >= 11 is 0. The molecule has 2 rings (SSSR count). The normalized spacial score (nSPS) is 10.6. The summed E-state index contributed by atoms with van der Waals surface area (Å²) in [4.78, 5) is 1.95. The van der Waals surface area contributed by atoms with Gasteiger partial charge in [-0.1, -0.05) is 43.3 Å². The first-order chi connectivity index (χ1) is 10.2. The van der Waals surface area contributed by atoms with Crippen molar-refractivity contribution in [2.45, 2.75) is 26.4 Å². The Kier molecular flexibility index (Phi) is 5.76. The van der Waals surface area contributed by atoms with Crippen molar-refractivity contribution in [3.8, 4) is 0 Å². The number of anilines is 1. The van der Waals surface area contributed by atoms with Crippen molar-refractivity contribution in [2.75, 3.05) is 18.5 Å². The predicted octanol–water partition coefficient (Wildman–Crippen LogP) is 3.96. The number of rotatable bonds is 7. The van der Waals surface area contributed by atoms with Crippen LogP contribution in [-0.4, -0.2) is 13.6 Å². The maximum atomic E-state index is 14.0. The van der Waals surface area contributed by atoms with E-state index in [1.54, 1.807) is 6.07 Å². The molecule has 0 aliphatic rings. The van der Waals surface area contributed by atoms with Crippen molar-refractivity contribution in [2.24, 2.45) is 0 Å². The topological polar surface area (TPSA) is 15.3 Å². The van der Waals surface area contributed by atoms with Gasteiger partial charge in [-0.2, -0.15) is 0 Å². The van der Waals surface area contributed by atoms with Gasteiger partial charge in [-0.05, 0) is 36.2 Å². The van der Waals surface area contributed by atoms with Gasteiger partial charge in [0.25, 0.3) is 0 Å². The zero-order valence-electron chi connectivity index (χ0n) is 12.8. The monoisotopic (exact) mass is 286 g/mol. The number of benzene rings is 2. The molecule has 0 saturated heterocycles. The molecule has 2 aromatic rings. The first-order valence-electron chi connectivity index (χ1n) is 7.45. The SMILES string of the molecule is CCCNCc1ccc(F)c(N(C)Cc2ccccc2)c1. The summed E-state index contributed by atoms with van der Waals surface area (Å²) in [5, 5.41) is 3.35. The summed E-state index contributed by atoms with van der Waals surface area (Å²) in [7, 11) is 1.93. The molecular formula is C18H23FN2. The minimum absolute atomic E-state index is 0.173. The summed E-state index contributed by atoms with van der Waals surface area (Å²) in [5.74, 6) is -0.173. The predicted molar refractivity (Wildman–Crippen MR) is 86.9 cm³/mol. The Labute approximate surface area is 126 Å². The van der Waals surface area contributed by atoms with Crippen LogP contribution in [0.25, 0.3) is 0 Å². The molecule has 21 heavy (non-hydrogen) atoms. The first kappa shape index (κ1) is 15.5. The molecule has 0 heterocycles. The zero-order chi connectivity index (χ0) is 15.1. The van der Waals surface area contributed by atoms with E-state index in [-0.39, 0.29) is 5.82 Å². The zero-order valence-corrected chi connectivity index (χ0v) is 12.8. The molecule has 0 radical (unpaired) electrons. The molecule has 0 spiro atoms. The van der Waals surface area contributed by atoms with Gasteiger partial charge in [-0.15, -0.1) is 0 Å². The smallest absolute Gasteiger partial charge is 0.146 e. The molecule has 112 valence electrons. The van der Waals surface area contributed by atoms with Gasteiger partial charge in [0.15, 0.2) is 0 Å². The van der Waals surface area contributed by atoms with Crippen molar-refractivity contribution in [3.63, 3.8) is 0 Å². The highest BCUT2D eigenvalue weighted by Gasteiger charge is 2.09. The molecule has 0 fully saturated rings. The molecule has 0 aliphatic heterocycles. The summed E-state index contributed by atoms with van der Waals surface area (Å²) < 4.78 is 14.0. The van der Waals surface area contributed by atoms with E-state index >= 15 is 0 Å². The van der Waals surface area contributed by atoms with Gasteiger partial charge in [0.2, 0.25) is 0 Å². The molecular weight excluding hydrogens is 263 g/mol. The minimum Gasteiger partial charge on any atom is -0.368 e. The van der Waals surface area contributed by atoms with Gasteiger partial charge in [0.1, 0.15) is 5.82 Å². The van der Waals surface area contributed by atoms with Gasteiger partial charge in [0, 0.05) is 20.1 Å². The highest BCUT2D eigenvalue weighted by molar-refractivity contribution is 5.50. The third-order valence-electron chi connectivity index (χ3n) is 3.44. The van der Waals surface area contributed by atoms with E-state index in [4.69, 9.17) is 0 Å². The van der Waals surface area contributed by atoms with Crippen LogP contribution in [0.3, 0.4) is 0 Å². The van der Waals surface area contributed by atoms with E-state index < -0.39 is 0 Å². The molecule has 0 unspecified atom stereocenters. The lowest BCUT2D eigenvalue weighted by Gasteiger charge is -2.21. The second kappa shape index (κ2) is 7.79. The molecule has 0 aliphatic carbocycles. The number of hydrogen-bond donors (Lipinski definition) is 1. The molecule has 2 aromatic carbocycles. The van der Waals surface area contributed by atoms with Crippen LogP contribution < -0.4 is 10.2 Å². The number of halogens is 1. The lowest BCUT2D eigenvalue weighted by molar-refractivity contribution is 0.619. The van der Waals surface area contributed by atoms with E-state index in [0.717, 1.165) is 25.1 Å². The molecule has 1 N–H and O–H groups in total. The molecule has 0 aromatic heterocycles. The Morgan fingerprint density at radius 2 is 1.81 bits per heavy atom. The Morgan fingerprint density at radius 3 is 2.52 bits per heavy atom. The molecule has 0 saturated carbocycles. The van der Waals surface area contributed by atoms with Gasteiger partial charge in [-0.25, -0.2) is 4.39 Å². The lowest BCUT2D eigenvalue weighted by atomic mass is 10.1. The quantitative estimate of drug-likeness (QED) is 0.775. The van der Waals surface area contributed by atoms with Crippen LogP contribution in [-0.2, 0) is 13.1 Å². The van der Waals surface area contributed by atoms with Crippen molar-refractivity contribution >= 4 is 5.69 Å². The van der Waals surface area contributed by atoms with E-state index in [1.165, 1.54) is 5.56 Å². The average molecular weight is 286 g/mol. The van der Waals surface area contributed by atoms with Crippen LogP contribution in [0, 0.1) is 5.82 Å². The van der Waals surface area contributed by atoms with Crippen LogP contribution in [0.2, 0.25) is 0 Å². The minimum atomic E-state index is -0.173. The van der Waals surface area contributed by atoms with E-state index in [0.29, 0.717) is 12.2 Å². The van der Waals surface area contributed by atoms with Gasteiger partial charge in [-0.3, -0.25) is 0 Å².